The number of aryl methyl sites for hydroxylation is 2. The molecule has 2 aromatic carbocycles. The number of carbonyl (C=O) groups excluding carboxylic acids is 2. The molecule has 1 unspecified atom stereocenters. The number of para-hydroxylation sites is 1. The third-order valence-electron chi connectivity index (χ3n) is 4.54. The van der Waals surface area contributed by atoms with Gasteiger partial charge in [-0.25, -0.2) is 0 Å². The fourth-order valence-corrected chi connectivity index (χ4v) is 3.09. The standard InChI is InChI=1S/C20H23N3O2.ClH/c1-14-8-10-16(11-9-14)19(21)20(25)22-13-18(24)23-12-4-6-15-5-2-3-7-17(15)23;/h2-3,5,7-11,19H,4,6,12-13,21H2,1H3,(H,22,25);1H. The number of nitrogens with one attached hydrogen (secondary N) is 1. The molecule has 0 aliphatic carbocycles. The summed E-state index contributed by atoms with van der Waals surface area (Å²) in [6, 6.07) is 14.6. The summed E-state index contributed by atoms with van der Waals surface area (Å²) in [5.41, 5.74) is 9.95. The molecule has 1 aliphatic heterocycles. The number of hydrogen-bond acceptors (Lipinski definition) is 3. The summed E-state index contributed by atoms with van der Waals surface area (Å²) in [4.78, 5) is 26.5. The van der Waals surface area contributed by atoms with Gasteiger partial charge in [0.05, 0.1) is 6.54 Å². The Morgan fingerprint density at radius 2 is 1.85 bits per heavy atom. The van der Waals surface area contributed by atoms with Crippen molar-refractivity contribution in [2.75, 3.05) is 18.0 Å². The minimum atomic E-state index is -0.776. The maximum atomic E-state index is 12.5. The normalized spacial score (nSPS) is 14.0. The fourth-order valence-electron chi connectivity index (χ4n) is 3.09. The van der Waals surface area contributed by atoms with Crippen LogP contribution >= 0.6 is 12.4 Å². The largest absolute Gasteiger partial charge is 0.345 e. The SMILES string of the molecule is Cc1ccc(C(N)C(=O)NCC(=O)N2CCCc3ccccc32)cc1.Cl. The molecule has 0 saturated heterocycles. The van der Waals surface area contributed by atoms with Crippen molar-refractivity contribution >= 4 is 29.9 Å². The van der Waals surface area contributed by atoms with Crippen LogP contribution in [0, 0.1) is 6.92 Å². The van der Waals surface area contributed by atoms with Crippen LogP contribution in [-0.2, 0) is 16.0 Å². The molecule has 1 aliphatic rings. The quantitative estimate of drug-likeness (QED) is 0.864. The van der Waals surface area contributed by atoms with Crippen molar-refractivity contribution in [2.24, 2.45) is 5.73 Å². The van der Waals surface area contributed by atoms with Crippen LogP contribution in [0.25, 0.3) is 0 Å². The molecule has 138 valence electrons. The summed E-state index contributed by atoms with van der Waals surface area (Å²) < 4.78 is 0. The molecular weight excluding hydrogens is 350 g/mol. The highest BCUT2D eigenvalue weighted by Gasteiger charge is 2.23. The van der Waals surface area contributed by atoms with Crippen LogP contribution < -0.4 is 16.0 Å². The van der Waals surface area contributed by atoms with E-state index >= 15 is 0 Å². The minimum Gasteiger partial charge on any atom is -0.345 e. The molecule has 5 nitrogen and oxygen atoms in total. The topological polar surface area (TPSA) is 75.4 Å². The number of nitrogens with zero attached hydrogens (tertiary/aromatic N) is 1. The van der Waals surface area contributed by atoms with Gasteiger partial charge >= 0.3 is 0 Å². The zero-order chi connectivity index (χ0) is 17.8. The average molecular weight is 374 g/mol. The van der Waals surface area contributed by atoms with Crippen molar-refractivity contribution in [1.82, 2.24) is 5.32 Å². The maximum absolute atomic E-state index is 12.5. The minimum absolute atomic E-state index is 0. The summed E-state index contributed by atoms with van der Waals surface area (Å²) in [5.74, 6) is -0.459. The molecule has 0 saturated carbocycles. The van der Waals surface area contributed by atoms with Gasteiger partial charge in [-0.1, -0.05) is 48.0 Å². The van der Waals surface area contributed by atoms with E-state index in [1.807, 2.05) is 55.5 Å². The van der Waals surface area contributed by atoms with Crippen LogP contribution in [-0.4, -0.2) is 24.9 Å². The zero-order valence-electron chi connectivity index (χ0n) is 14.8. The van der Waals surface area contributed by atoms with Crippen LogP contribution in [0.2, 0.25) is 0 Å². The van der Waals surface area contributed by atoms with Gasteiger partial charge in [-0.2, -0.15) is 0 Å². The predicted octanol–water partition coefficient (Wildman–Crippen LogP) is 2.51. The van der Waals surface area contributed by atoms with E-state index in [-0.39, 0.29) is 30.8 Å². The molecule has 0 fully saturated rings. The first-order chi connectivity index (χ1) is 12.1. The van der Waals surface area contributed by atoms with Crippen molar-refractivity contribution in [3.63, 3.8) is 0 Å². The number of hydrogen-bond donors (Lipinski definition) is 2. The third-order valence-corrected chi connectivity index (χ3v) is 4.54. The first kappa shape index (κ1) is 19.9. The lowest BCUT2D eigenvalue weighted by atomic mass is 10.0. The fraction of sp³-hybridized carbons (Fsp3) is 0.300. The molecule has 26 heavy (non-hydrogen) atoms. The number of nitrogens with two attached hydrogens (primary N) is 1. The second-order valence-corrected chi connectivity index (χ2v) is 6.38. The first-order valence-electron chi connectivity index (χ1n) is 8.54. The van der Waals surface area contributed by atoms with Crippen molar-refractivity contribution in [1.29, 1.82) is 0 Å². The Bertz CT molecular complexity index is 777. The highest BCUT2D eigenvalue weighted by atomic mass is 35.5. The van der Waals surface area contributed by atoms with E-state index in [2.05, 4.69) is 5.32 Å². The van der Waals surface area contributed by atoms with Gasteiger partial charge < -0.3 is 16.0 Å². The van der Waals surface area contributed by atoms with E-state index in [0.717, 1.165) is 29.7 Å². The summed E-state index contributed by atoms with van der Waals surface area (Å²) in [7, 11) is 0. The van der Waals surface area contributed by atoms with Crippen LogP contribution in [0.15, 0.2) is 48.5 Å². The van der Waals surface area contributed by atoms with Gasteiger partial charge in [0.1, 0.15) is 6.04 Å². The van der Waals surface area contributed by atoms with E-state index in [4.69, 9.17) is 5.73 Å². The van der Waals surface area contributed by atoms with Gasteiger partial charge in [-0.3, -0.25) is 9.59 Å². The highest BCUT2D eigenvalue weighted by molar-refractivity contribution is 5.98. The Labute approximate surface area is 160 Å². The zero-order valence-corrected chi connectivity index (χ0v) is 15.6. The van der Waals surface area contributed by atoms with Crippen LogP contribution in [0.1, 0.15) is 29.2 Å². The lowest BCUT2D eigenvalue weighted by molar-refractivity contribution is -0.126. The number of rotatable bonds is 4. The Morgan fingerprint density at radius 1 is 1.15 bits per heavy atom. The van der Waals surface area contributed by atoms with E-state index < -0.39 is 6.04 Å². The summed E-state index contributed by atoms with van der Waals surface area (Å²) in [6.07, 6.45) is 1.91. The number of anilines is 1. The van der Waals surface area contributed by atoms with Crippen LogP contribution in [0.5, 0.6) is 0 Å². The number of halogens is 1. The lowest BCUT2D eigenvalue weighted by Crippen LogP contribution is -2.44. The van der Waals surface area contributed by atoms with Crippen molar-refractivity contribution < 1.29 is 9.59 Å². The number of carbonyl (C=O) groups is 2. The predicted molar refractivity (Wildman–Crippen MR) is 105 cm³/mol. The van der Waals surface area contributed by atoms with Gasteiger partial charge in [0.15, 0.2) is 0 Å². The maximum Gasteiger partial charge on any atom is 0.246 e. The molecule has 0 spiro atoms. The molecule has 3 N–H and O–H groups in total. The van der Waals surface area contributed by atoms with Crippen molar-refractivity contribution in [3.05, 3.63) is 65.2 Å². The molecule has 2 amide bonds. The van der Waals surface area contributed by atoms with Gasteiger partial charge in [-0.05, 0) is 37.0 Å². The first-order valence-corrected chi connectivity index (χ1v) is 8.54. The number of amides is 2. The van der Waals surface area contributed by atoms with Gasteiger partial charge in [-0.15, -0.1) is 12.4 Å². The summed E-state index contributed by atoms with van der Waals surface area (Å²) in [5, 5.41) is 2.67. The van der Waals surface area contributed by atoms with Crippen LogP contribution in [0.3, 0.4) is 0 Å². The Morgan fingerprint density at radius 3 is 2.58 bits per heavy atom. The molecule has 0 bridgehead atoms. The van der Waals surface area contributed by atoms with E-state index in [9.17, 15) is 9.59 Å². The summed E-state index contributed by atoms with van der Waals surface area (Å²) >= 11 is 0. The molecule has 0 aromatic heterocycles. The molecule has 1 heterocycles. The monoisotopic (exact) mass is 373 g/mol. The second kappa shape index (κ2) is 8.83. The second-order valence-electron chi connectivity index (χ2n) is 6.38. The van der Waals surface area contributed by atoms with E-state index in [1.165, 1.54) is 5.56 Å². The number of benzene rings is 2. The molecule has 1 atom stereocenters. The van der Waals surface area contributed by atoms with Gasteiger partial charge in [0.2, 0.25) is 11.8 Å². The van der Waals surface area contributed by atoms with E-state index in [0.29, 0.717) is 6.54 Å². The Hall–Kier alpha value is -2.37. The van der Waals surface area contributed by atoms with E-state index in [1.54, 1.807) is 4.90 Å². The molecule has 6 heteroatoms. The van der Waals surface area contributed by atoms with Crippen LogP contribution in [0.4, 0.5) is 5.69 Å². The van der Waals surface area contributed by atoms with Crippen molar-refractivity contribution in [2.45, 2.75) is 25.8 Å². The molecule has 3 rings (SSSR count). The Kier molecular flexibility index (Phi) is 6.77. The van der Waals surface area contributed by atoms with Crippen molar-refractivity contribution in [3.8, 4) is 0 Å². The molecule has 0 radical (unpaired) electrons. The number of fused-ring (bicyclic) bond motifs is 1. The third kappa shape index (κ3) is 4.42. The molecular formula is C20H24ClN3O2. The Balaban J connectivity index is 0.00000243. The summed E-state index contributed by atoms with van der Waals surface area (Å²) in [6.45, 7) is 2.60. The lowest BCUT2D eigenvalue weighted by Gasteiger charge is -2.29. The average Bonchev–Trinajstić information content (AvgIpc) is 2.65. The highest BCUT2D eigenvalue weighted by Crippen LogP contribution is 2.26. The van der Waals surface area contributed by atoms with Gasteiger partial charge in [0, 0.05) is 12.2 Å². The van der Waals surface area contributed by atoms with Gasteiger partial charge in [0.25, 0.3) is 0 Å². The molecule has 2 aromatic rings. The smallest absolute Gasteiger partial charge is 0.246 e.